The zero-order valence-corrected chi connectivity index (χ0v) is 17.7. The van der Waals surface area contributed by atoms with Gasteiger partial charge in [-0.1, -0.05) is 60.4 Å². The summed E-state index contributed by atoms with van der Waals surface area (Å²) in [5, 5.41) is 0. The predicted octanol–water partition coefficient (Wildman–Crippen LogP) is 7.95. The van der Waals surface area contributed by atoms with Crippen LogP contribution in [0.4, 0.5) is 0 Å². The molecule has 25 heavy (non-hydrogen) atoms. The molecule has 2 unspecified atom stereocenters. The molecular weight excluding hydrogens is 304 g/mol. The SMILES string of the molecule is CC=CC(CCCCC=C(C)C)OC(C=CC)CCCCC=C(C)C. The van der Waals surface area contributed by atoms with Gasteiger partial charge in [0, 0.05) is 0 Å². The van der Waals surface area contributed by atoms with Gasteiger partial charge in [0.2, 0.25) is 0 Å². The Morgan fingerprint density at radius 1 is 0.680 bits per heavy atom. The Balaban J connectivity index is 4.29. The van der Waals surface area contributed by atoms with Crippen LogP contribution in [0, 0.1) is 0 Å². The third-order valence-corrected chi connectivity index (χ3v) is 4.15. The highest BCUT2D eigenvalue weighted by molar-refractivity contribution is 4.95. The second-order valence-electron chi connectivity index (χ2n) is 7.40. The van der Waals surface area contributed by atoms with E-state index in [1.54, 1.807) is 0 Å². The molecule has 0 radical (unpaired) electrons. The van der Waals surface area contributed by atoms with Crippen molar-refractivity contribution in [2.45, 2.75) is 105 Å². The van der Waals surface area contributed by atoms with Gasteiger partial charge >= 0.3 is 0 Å². The van der Waals surface area contributed by atoms with Gasteiger partial charge in [0.25, 0.3) is 0 Å². The van der Waals surface area contributed by atoms with Crippen molar-refractivity contribution in [1.82, 2.24) is 0 Å². The highest BCUT2D eigenvalue weighted by Gasteiger charge is 2.11. The van der Waals surface area contributed by atoms with Crippen LogP contribution in [0.25, 0.3) is 0 Å². The summed E-state index contributed by atoms with van der Waals surface area (Å²) in [5.74, 6) is 0. The van der Waals surface area contributed by atoms with Gasteiger partial charge in [0.1, 0.15) is 0 Å². The van der Waals surface area contributed by atoms with Gasteiger partial charge in [-0.05, 0) is 80.1 Å². The molecule has 0 aliphatic heterocycles. The lowest BCUT2D eigenvalue weighted by Gasteiger charge is -2.21. The normalized spacial score (nSPS) is 14.0. The molecule has 0 saturated carbocycles. The Hall–Kier alpha value is -1.08. The van der Waals surface area contributed by atoms with Crippen LogP contribution in [0.1, 0.15) is 92.9 Å². The average Bonchev–Trinajstić information content (AvgIpc) is 2.53. The van der Waals surface area contributed by atoms with Gasteiger partial charge in [0.15, 0.2) is 0 Å². The molecule has 1 heteroatoms. The van der Waals surface area contributed by atoms with Crippen LogP contribution in [0.3, 0.4) is 0 Å². The smallest absolute Gasteiger partial charge is 0.0763 e. The molecule has 0 aliphatic carbocycles. The zero-order chi connectivity index (χ0) is 18.9. The van der Waals surface area contributed by atoms with E-state index in [2.05, 4.69) is 78.0 Å². The molecular formula is C24H42O. The summed E-state index contributed by atoms with van der Waals surface area (Å²) in [5.41, 5.74) is 2.84. The van der Waals surface area contributed by atoms with E-state index in [0.29, 0.717) is 0 Å². The van der Waals surface area contributed by atoms with Gasteiger partial charge in [-0.15, -0.1) is 0 Å². The number of hydrogen-bond donors (Lipinski definition) is 0. The fourth-order valence-corrected chi connectivity index (χ4v) is 2.83. The third kappa shape index (κ3) is 16.2. The van der Waals surface area contributed by atoms with Crippen molar-refractivity contribution in [2.75, 3.05) is 0 Å². The van der Waals surface area contributed by atoms with Crippen LogP contribution in [0.2, 0.25) is 0 Å². The lowest BCUT2D eigenvalue weighted by Crippen LogP contribution is -2.19. The molecule has 0 rings (SSSR count). The standard InChI is InChI=1S/C24H42O/c1-7-15-23(19-13-9-11-17-21(3)4)25-24(16-8-2)20-14-10-12-18-22(5)6/h7-8,15-18,23-24H,9-14,19-20H2,1-6H3. The van der Waals surface area contributed by atoms with Crippen molar-refractivity contribution in [3.05, 3.63) is 47.6 Å². The molecule has 0 aliphatic rings. The summed E-state index contributed by atoms with van der Waals surface area (Å²) < 4.78 is 6.38. The summed E-state index contributed by atoms with van der Waals surface area (Å²) in [6, 6.07) is 0. The maximum Gasteiger partial charge on any atom is 0.0763 e. The second kappa shape index (κ2) is 16.4. The quantitative estimate of drug-likeness (QED) is 0.229. The summed E-state index contributed by atoms with van der Waals surface area (Å²) in [6.45, 7) is 12.9. The Morgan fingerprint density at radius 2 is 1.08 bits per heavy atom. The maximum atomic E-state index is 6.38. The van der Waals surface area contributed by atoms with E-state index in [9.17, 15) is 0 Å². The molecule has 0 amide bonds. The van der Waals surface area contributed by atoms with Gasteiger partial charge < -0.3 is 4.74 Å². The first-order valence-corrected chi connectivity index (χ1v) is 10.2. The summed E-state index contributed by atoms with van der Waals surface area (Å²) in [6.07, 6.45) is 23.4. The molecule has 0 N–H and O–H groups in total. The van der Waals surface area contributed by atoms with Crippen LogP contribution in [-0.4, -0.2) is 12.2 Å². The van der Waals surface area contributed by atoms with Gasteiger partial charge in [-0.25, -0.2) is 0 Å². The zero-order valence-electron chi connectivity index (χ0n) is 17.7. The van der Waals surface area contributed by atoms with E-state index in [0.717, 1.165) is 12.8 Å². The first kappa shape index (κ1) is 23.9. The minimum absolute atomic E-state index is 0.246. The molecule has 0 aromatic heterocycles. The molecule has 0 heterocycles. The Labute approximate surface area is 157 Å². The monoisotopic (exact) mass is 346 g/mol. The molecule has 0 aromatic carbocycles. The van der Waals surface area contributed by atoms with E-state index in [1.165, 1.54) is 49.7 Å². The first-order valence-electron chi connectivity index (χ1n) is 10.2. The van der Waals surface area contributed by atoms with E-state index in [-0.39, 0.29) is 12.2 Å². The molecule has 0 bridgehead atoms. The first-order chi connectivity index (χ1) is 12.0. The molecule has 2 atom stereocenters. The van der Waals surface area contributed by atoms with Crippen molar-refractivity contribution in [2.24, 2.45) is 0 Å². The van der Waals surface area contributed by atoms with Crippen molar-refractivity contribution >= 4 is 0 Å². The topological polar surface area (TPSA) is 9.23 Å². The Bertz CT molecular complexity index is 377. The summed E-state index contributed by atoms with van der Waals surface area (Å²) >= 11 is 0. The summed E-state index contributed by atoms with van der Waals surface area (Å²) in [4.78, 5) is 0. The highest BCUT2D eigenvalue weighted by Crippen LogP contribution is 2.16. The van der Waals surface area contributed by atoms with E-state index < -0.39 is 0 Å². The second-order valence-corrected chi connectivity index (χ2v) is 7.40. The van der Waals surface area contributed by atoms with Crippen molar-refractivity contribution < 1.29 is 4.74 Å². The minimum Gasteiger partial charge on any atom is -0.367 e. The van der Waals surface area contributed by atoms with Crippen LogP contribution < -0.4 is 0 Å². The lowest BCUT2D eigenvalue weighted by molar-refractivity contribution is 0.0296. The van der Waals surface area contributed by atoms with E-state index in [1.807, 2.05) is 0 Å². The summed E-state index contributed by atoms with van der Waals surface area (Å²) in [7, 11) is 0. The minimum atomic E-state index is 0.246. The number of hydrogen-bond acceptors (Lipinski definition) is 1. The molecule has 144 valence electrons. The average molecular weight is 347 g/mol. The highest BCUT2D eigenvalue weighted by atomic mass is 16.5. The third-order valence-electron chi connectivity index (χ3n) is 4.15. The number of unbranched alkanes of at least 4 members (excludes halogenated alkanes) is 4. The van der Waals surface area contributed by atoms with Crippen molar-refractivity contribution in [1.29, 1.82) is 0 Å². The Kier molecular flexibility index (Phi) is 15.7. The molecule has 1 nitrogen and oxygen atoms in total. The molecule has 0 spiro atoms. The van der Waals surface area contributed by atoms with Crippen LogP contribution in [-0.2, 0) is 4.74 Å². The van der Waals surface area contributed by atoms with Crippen LogP contribution in [0.15, 0.2) is 47.6 Å². The van der Waals surface area contributed by atoms with E-state index in [4.69, 9.17) is 4.74 Å². The fraction of sp³-hybridized carbons (Fsp3) is 0.667. The van der Waals surface area contributed by atoms with Crippen LogP contribution in [0.5, 0.6) is 0 Å². The van der Waals surface area contributed by atoms with Gasteiger partial charge in [-0.3, -0.25) is 0 Å². The van der Waals surface area contributed by atoms with Crippen LogP contribution >= 0.6 is 0 Å². The Morgan fingerprint density at radius 3 is 1.40 bits per heavy atom. The lowest BCUT2D eigenvalue weighted by atomic mass is 10.1. The predicted molar refractivity (Wildman–Crippen MR) is 114 cm³/mol. The van der Waals surface area contributed by atoms with Gasteiger partial charge in [0.05, 0.1) is 12.2 Å². The van der Waals surface area contributed by atoms with Crippen molar-refractivity contribution in [3.8, 4) is 0 Å². The molecule has 0 fully saturated rings. The van der Waals surface area contributed by atoms with Crippen molar-refractivity contribution in [3.63, 3.8) is 0 Å². The molecule has 0 saturated heterocycles. The van der Waals surface area contributed by atoms with Gasteiger partial charge in [-0.2, -0.15) is 0 Å². The number of ether oxygens (including phenoxy) is 1. The number of rotatable bonds is 14. The van der Waals surface area contributed by atoms with E-state index >= 15 is 0 Å². The molecule has 0 aromatic rings. The maximum absolute atomic E-state index is 6.38. The largest absolute Gasteiger partial charge is 0.367 e. The fourth-order valence-electron chi connectivity index (χ4n) is 2.83. The number of allylic oxidation sites excluding steroid dienone is 6.